The molecule has 0 spiro atoms. The smallest absolute Gasteiger partial charge is 0.282 e. The number of nitrogens with one attached hydrogen (secondary N) is 1. The van der Waals surface area contributed by atoms with Crippen molar-refractivity contribution in [3.63, 3.8) is 0 Å². The summed E-state index contributed by atoms with van der Waals surface area (Å²) in [6, 6.07) is 7.14. The lowest BCUT2D eigenvalue weighted by molar-refractivity contribution is -0.385. The second-order valence-corrected chi connectivity index (χ2v) is 7.24. The Morgan fingerprint density at radius 2 is 1.93 bits per heavy atom. The number of nitro benzene ring substituents is 1. The zero-order valence-corrected chi connectivity index (χ0v) is 15.6. The lowest BCUT2D eigenvalue weighted by atomic mass is 10.1. The van der Waals surface area contributed by atoms with Gasteiger partial charge in [0.15, 0.2) is 5.78 Å². The highest BCUT2D eigenvalue weighted by atomic mass is 32.1. The van der Waals surface area contributed by atoms with Crippen LogP contribution in [0.4, 0.5) is 5.69 Å². The first-order valence-electron chi connectivity index (χ1n) is 8.29. The molecule has 1 N–H and O–H groups in total. The third kappa shape index (κ3) is 3.67. The first kappa shape index (κ1) is 19.4. The third-order valence-electron chi connectivity index (χ3n) is 4.16. The lowest BCUT2D eigenvalue weighted by Crippen LogP contribution is -2.34. The number of rotatable bonds is 7. The number of carbonyl (C=O) groups is 4. The molecule has 9 nitrogen and oxygen atoms in total. The Labute approximate surface area is 163 Å². The summed E-state index contributed by atoms with van der Waals surface area (Å²) in [5.41, 5.74) is -0.816. The van der Waals surface area contributed by atoms with Crippen LogP contribution in [0.5, 0.6) is 0 Å². The van der Waals surface area contributed by atoms with Gasteiger partial charge < -0.3 is 5.32 Å². The van der Waals surface area contributed by atoms with Crippen molar-refractivity contribution in [2.45, 2.75) is 13.3 Å². The van der Waals surface area contributed by atoms with Crippen LogP contribution >= 0.6 is 11.3 Å². The van der Waals surface area contributed by atoms with Gasteiger partial charge in [-0.25, -0.2) is 0 Å². The average Bonchev–Trinajstić information content (AvgIpc) is 3.20. The number of carbonyl (C=O) groups excluding carboxylic acids is 4. The van der Waals surface area contributed by atoms with Gasteiger partial charge in [0.25, 0.3) is 17.5 Å². The molecule has 0 fully saturated rings. The number of benzene rings is 1. The van der Waals surface area contributed by atoms with Crippen LogP contribution < -0.4 is 5.32 Å². The van der Waals surface area contributed by atoms with Crippen LogP contribution in [-0.2, 0) is 11.2 Å². The summed E-state index contributed by atoms with van der Waals surface area (Å²) in [5.74, 6) is -2.15. The van der Waals surface area contributed by atoms with E-state index in [1.807, 2.05) is 0 Å². The molecular weight excluding hydrogens is 386 g/mol. The van der Waals surface area contributed by atoms with Gasteiger partial charge in [-0.3, -0.25) is 34.2 Å². The average molecular weight is 401 g/mol. The monoisotopic (exact) mass is 401 g/mol. The second-order valence-electron chi connectivity index (χ2n) is 6.08. The Kier molecular flexibility index (Phi) is 5.32. The number of hydrogen-bond donors (Lipinski definition) is 1. The van der Waals surface area contributed by atoms with Crippen LogP contribution in [0.15, 0.2) is 30.3 Å². The molecule has 0 saturated carbocycles. The van der Waals surface area contributed by atoms with Crippen LogP contribution in [0.3, 0.4) is 0 Å². The molecule has 144 valence electrons. The topological polar surface area (TPSA) is 127 Å². The van der Waals surface area contributed by atoms with Gasteiger partial charge in [0.05, 0.1) is 21.9 Å². The Morgan fingerprint density at radius 3 is 2.61 bits per heavy atom. The highest BCUT2D eigenvalue weighted by Crippen LogP contribution is 2.31. The zero-order chi connectivity index (χ0) is 20.4. The van der Waals surface area contributed by atoms with E-state index in [4.69, 9.17) is 0 Å². The van der Waals surface area contributed by atoms with Crippen molar-refractivity contribution >= 4 is 40.5 Å². The molecule has 3 rings (SSSR count). The molecule has 28 heavy (non-hydrogen) atoms. The minimum Gasteiger partial charge on any atom is -0.356 e. The van der Waals surface area contributed by atoms with Gasteiger partial charge in [-0.05, 0) is 24.6 Å². The van der Waals surface area contributed by atoms with Crippen molar-refractivity contribution in [3.8, 4) is 0 Å². The molecule has 0 aliphatic carbocycles. The highest BCUT2D eigenvalue weighted by molar-refractivity contribution is 7.14. The minimum atomic E-state index is -0.844. The summed E-state index contributed by atoms with van der Waals surface area (Å²) in [7, 11) is 0. The number of fused-ring (bicyclic) bond motifs is 1. The van der Waals surface area contributed by atoms with E-state index in [1.54, 1.807) is 12.1 Å². The molecule has 0 unspecified atom stereocenters. The molecule has 1 aromatic carbocycles. The number of hydrogen-bond acceptors (Lipinski definition) is 7. The fourth-order valence-corrected chi connectivity index (χ4v) is 3.79. The lowest BCUT2D eigenvalue weighted by Gasteiger charge is -2.11. The molecule has 10 heteroatoms. The molecule has 0 bridgehead atoms. The summed E-state index contributed by atoms with van der Waals surface area (Å²) in [6.45, 7) is 1.36. The number of thiophene rings is 1. The van der Waals surface area contributed by atoms with Gasteiger partial charge in [-0.2, -0.15) is 0 Å². The van der Waals surface area contributed by atoms with E-state index in [1.165, 1.54) is 30.4 Å². The van der Waals surface area contributed by atoms with Crippen LogP contribution in [0.25, 0.3) is 0 Å². The maximum Gasteiger partial charge on any atom is 0.282 e. The summed E-state index contributed by atoms with van der Waals surface area (Å²) < 4.78 is 0. The van der Waals surface area contributed by atoms with Gasteiger partial charge in [0.1, 0.15) is 5.56 Å². The van der Waals surface area contributed by atoms with Crippen LogP contribution in [-0.4, -0.2) is 46.4 Å². The Morgan fingerprint density at radius 1 is 1.18 bits per heavy atom. The number of imide groups is 1. The summed E-state index contributed by atoms with van der Waals surface area (Å²) in [6.07, 6.45) is 0.552. The molecule has 0 saturated heterocycles. The molecule has 2 aromatic rings. The maximum atomic E-state index is 12.5. The van der Waals surface area contributed by atoms with E-state index < -0.39 is 34.8 Å². The highest BCUT2D eigenvalue weighted by Gasteiger charge is 2.41. The molecule has 0 atom stereocenters. The Bertz CT molecular complexity index is 1010. The van der Waals surface area contributed by atoms with Crippen molar-refractivity contribution in [2.24, 2.45) is 0 Å². The molecule has 1 aliphatic heterocycles. The van der Waals surface area contributed by atoms with E-state index in [0.29, 0.717) is 17.8 Å². The summed E-state index contributed by atoms with van der Waals surface area (Å²) >= 11 is 1.21. The van der Waals surface area contributed by atoms with Gasteiger partial charge in [-0.15, -0.1) is 11.3 Å². The normalized spacial score (nSPS) is 12.8. The van der Waals surface area contributed by atoms with E-state index in [9.17, 15) is 29.3 Å². The summed E-state index contributed by atoms with van der Waals surface area (Å²) in [5, 5.41) is 13.8. The second kappa shape index (κ2) is 7.69. The molecule has 1 aromatic heterocycles. The first-order valence-corrected chi connectivity index (χ1v) is 9.11. The zero-order valence-electron chi connectivity index (χ0n) is 14.8. The standard InChI is InChI=1S/C18H15N3O6S/c1-10(22)19-8-7-11-5-6-15(28-11)14(23)9-20-17(24)12-3-2-4-13(21(26)27)16(12)18(20)25/h2-6H,7-9H2,1H3,(H,19,22). The van der Waals surface area contributed by atoms with Crippen molar-refractivity contribution in [1.29, 1.82) is 0 Å². The predicted molar refractivity (Wildman–Crippen MR) is 99.5 cm³/mol. The number of Topliss-reactive ketones (excluding diaryl/α,β-unsaturated/α-hetero) is 1. The van der Waals surface area contributed by atoms with E-state index >= 15 is 0 Å². The van der Waals surface area contributed by atoms with Crippen LogP contribution in [0.2, 0.25) is 0 Å². The van der Waals surface area contributed by atoms with Crippen molar-refractivity contribution < 1.29 is 24.1 Å². The van der Waals surface area contributed by atoms with Crippen molar-refractivity contribution in [1.82, 2.24) is 10.2 Å². The fraction of sp³-hybridized carbons (Fsp3) is 0.222. The quantitative estimate of drug-likeness (QED) is 0.326. The van der Waals surface area contributed by atoms with E-state index in [2.05, 4.69) is 5.32 Å². The number of amides is 3. The first-order chi connectivity index (χ1) is 13.3. The Hall–Kier alpha value is -3.40. The Balaban J connectivity index is 1.73. The van der Waals surface area contributed by atoms with Gasteiger partial charge in [0, 0.05) is 24.4 Å². The largest absolute Gasteiger partial charge is 0.356 e. The number of nitro groups is 1. The van der Waals surface area contributed by atoms with Crippen molar-refractivity contribution in [3.05, 3.63) is 61.3 Å². The number of ketones is 1. The van der Waals surface area contributed by atoms with Gasteiger partial charge in [-0.1, -0.05) is 6.07 Å². The third-order valence-corrected chi connectivity index (χ3v) is 5.34. The molecule has 3 amide bonds. The molecular formula is C18H15N3O6S. The molecule has 2 heterocycles. The molecule has 0 radical (unpaired) electrons. The predicted octanol–water partition coefficient (Wildman–Crippen LogP) is 1.81. The minimum absolute atomic E-state index is 0.0748. The van der Waals surface area contributed by atoms with Crippen LogP contribution in [0.1, 0.15) is 42.2 Å². The fourth-order valence-electron chi connectivity index (χ4n) is 2.86. The number of nitrogens with zero attached hydrogens (tertiary/aromatic N) is 2. The summed E-state index contributed by atoms with van der Waals surface area (Å²) in [4.78, 5) is 60.7. The van der Waals surface area contributed by atoms with E-state index in [0.717, 1.165) is 15.8 Å². The van der Waals surface area contributed by atoms with Crippen molar-refractivity contribution in [2.75, 3.05) is 13.1 Å². The molecule has 1 aliphatic rings. The van der Waals surface area contributed by atoms with Gasteiger partial charge in [0.2, 0.25) is 5.91 Å². The van der Waals surface area contributed by atoms with Gasteiger partial charge >= 0.3 is 0 Å². The van der Waals surface area contributed by atoms with Crippen LogP contribution in [0, 0.1) is 10.1 Å². The SMILES string of the molecule is CC(=O)NCCc1ccc(C(=O)CN2C(=O)c3cccc([N+](=O)[O-])c3C2=O)s1. The van der Waals surface area contributed by atoms with E-state index in [-0.39, 0.29) is 17.0 Å². The maximum absolute atomic E-state index is 12.5.